The van der Waals surface area contributed by atoms with Crippen molar-refractivity contribution >= 4 is 17.3 Å². The number of ether oxygens (including phenoxy) is 3. The number of hydrogen-bond donors (Lipinski definition) is 0. The molecule has 0 unspecified atom stereocenters. The maximum atomic E-state index is 16.0. The quantitative estimate of drug-likeness (QED) is 0.0806. The van der Waals surface area contributed by atoms with Crippen LogP contribution in [0, 0.1) is 15.9 Å². The lowest BCUT2D eigenvalue weighted by atomic mass is 9.88. The van der Waals surface area contributed by atoms with E-state index in [1.807, 2.05) is 85.5 Å². The first-order valence-corrected chi connectivity index (χ1v) is 20.0. The number of rotatable bonds is 14. The molecule has 8 rings (SSSR count). The predicted octanol–water partition coefficient (Wildman–Crippen LogP) is 8.83. The topological polar surface area (TPSA) is 111 Å². The van der Waals surface area contributed by atoms with Crippen LogP contribution in [0.5, 0.6) is 17.5 Å². The van der Waals surface area contributed by atoms with Crippen LogP contribution in [0.2, 0.25) is 0 Å². The van der Waals surface area contributed by atoms with E-state index in [4.69, 9.17) is 14.2 Å². The summed E-state index contributed by atoms with van der Waals surface area (Å²) in [6.07, 6.45) is 3.37. The molecule has 300 valence electrons. The minimum absolute atomic E-state index is 0.0786. The van der Waals surface area contributed by atoms with E-state index in [-0.39, 0.29) is 41.9 Å². The molecule has 3 heterocycles. The second-order valence-electron chi connectivity index (χ2n) is 15.7. The van der Waals surface area contributed by atoms with Crippen LogP contribution in [0.15, 0.2) is 103 Å². The summed E-state index contributed by atoms with van der Waals surface area (Å²) >= 11 is 0. The van der Waals surface area contributed by atoms with Crippen molar-refractivity contribution in [2.45, 2.75) is 83.5 Å². The Morgan fingerprint density at radius 3 is 2.12 bits per heavy atom. The second kappa shape index (κ2) is 16.8. The van der Waals surface area contributed by atoms with Crippen molar-refractivity contribution in [3.05, 3.63) is 141 Å². The number of aromatic nitrogens is 1. The molecule has 0 radical (unpaired) electrons. The highest BCUT2D eigenvalue weighted by Gasteiger charge is 2.40. The summed E-state index contributed by atoms with van der Waals surface area (Å²) in [5.41, 5.74) is 4.84. The fourth-order valence-electron chi connectivity index (χ4n) is 8.33. The average molecular weight is 786 g/mol. The Bertz CT molecular complexity index is 2260. The Morgan fingerprint density at radius 2 is 1.48 bits per heavy atom. The van der Waals surface area contributed by atoms with E-state index in [2.05, 4.69) is 21.8 Å². The molecule has 58 heavy (non-hydrogen) atoms. The molecule has 0 atom stereocenters. The van der Waals surface area contributed by atoms with Crippen LogP contribution in [0.4, 0.5) is 15.8 Å². The maximum Gasteiger partial charge on any atom is 0.311 e. The molecule has 12 heteroatoms. The molecule has 4 aromatic carbocycles. The highest BCUT2D eigenvalue weighted by Crippen LogP contribution is 2.40. The van der Waals surface area contributed by atoms with Gasteiger partial charge in [-0.15, -0.1) is 0 Å². The first-order chi connectivity index (χ1) is 28.1. The van der Waals surface area contributed by atoms with Gasteiger partial charge in [0, 0.05) is 78.3 Å². The van der Waals surface area contributed by atoms with Gasteiger partial charge in [-0.1, -0.05) is 60.7 Å². The van der Waals surface area contributed by atoms with Gasteiger partial charge in [-0.05, 0) is 87.5 Å². The third kappa shape index (κ3) is 8.33. The van der Waals surface area contributed by atoms with Crippen molar-refractivity contribution in [2.24, 2.45) is 0 Å². The van der Waals surface area contributed by atoms with Gasteiger partial charge in [0.05, 0.1) is 11.0 Å². The van der Waals surface area contributed by atoms with Crippen molar-refractivity contribution in [2.75, 3.05) is 25.0 Å². The molecular weight excluding hydrogens is 738 g/mol. The maximum absolute atomic E-state index is 16.0. The molecule has 1 aromatic heterocycles. The van der Waals surface area contributed by atoms with Crippen molar-refractivity contribution in [1.82, 2.24) is 14.8 Å². The van der Waals surface area contributed by atoms with Crippen LogP contribution in [-0.2, 0) is 19.8 Å². The number of anilines is 1. The highest BCUT2D eigenvalue weighted by atomic mass is 19.1. The van der Waals surface area contributed by atoms with Crippen molar-refractivity contribution in [1.29, 1.82) is 0 Å². The summed E-state index contributed by atoms with van der Waals surface area (Å²) in [6.45, 7) is 6.19. The molecule has 2 aliphatic heterocycles. The number of amides is 1. The zero-order chi connectivity index (χ0) is 40.3. The molecule has 0 bridgehead atoms. The minimum atomic E-state index is -0.444. The number of benzene rings is 4. The molecule has 0 spiro atoms. The Balaban J connectivity index is 0.878. The average Bonchev–Trinajstić information content (AvgIpc) is 3.53. The van der Waals surface area contributed by atoms with E-state index < -0.39 is 4.92 Å². The molecule has 0 N–H and O–H groups in total. The molecule has 2 fully saturated rings. The molecule has 5 aromatic rings. The summed E-state index contributed by atoms with van der Waals surface area (Å²) in [5, 5.41) is 11.8. The van der Waals surface area contributed by atoms with Crippen LogP contribution < -0.4 is 19.1 Å². The van der Waals surface area contributed by atoms with Gasteiger partial charge in [0.15, 0.2) is 5.75 Å². The largest absolute Gasteiger partial charge is 0.484 e. The number of likely N-dealkylation sites (N-methyl/N-ethyl adjacent to an activating group) is 1. The predicted molar refractivity (Wildman–Crippen MR) is 220 cm³/mol. The fraction of sp³-hybridized carbons (Fsp3) is 0.348. The Kier molecular flexibility index (Phi) is 11.3. The van der Waals surface area contributed by atoms with Crippen LogP contribution in [0.25, 0.3) is 11.1 Å². The zero-order valence-corrected chi connectivity index (χ0v) is 33.1. The smallest absolute Gasteiger partial charge is 0.311 e. The van der Waals surface area contributed by atoms with Crippen LogP contribution in [0.3, 0.4) is 0 Å². The third-order valence-electron chi connectivity index (χ3n) is 11.6. The molecule has 11 nitrogen and oxygen atoms in total. The van der Waals surface area contributed by atoms with E-state index in [1.54, 1.807) is 30.3 Å². The van der Waals surface area contributed by atoms with E-state index in [0.717, 1.165) is 55.6 Å². The fourth-order valence-corrected chi connectivity index (χ4v) is 8.33. The number of carbonyl (C=O) groups is 1. The zero-order valence-electron chi connectivity index (χ0n) is 33.1. The van der Waals surface area contributed by atoms with Gasteiger partial charge in [0.25, 0.3) is 5.91 Å². The number of carbonyl (C=O) groups excluding carboxylic acids is 1. The number of pyridine rings is 1. The number of nitro benzene ring substituents is 1. The van der Waals surface area contributed by atoms with E-state index in [9.17, 15) is 14.9 Å². The molecule has 1 saturated heterocycles. The first-order valence-electron chi connectivity index (χ1n) is 20.0. The van der Waals surface area contributed by atoms with Crippen LogP contribution >= 0.6 is 0 Å². The van der Waals surface area contributed by atoms with Gasteiger partial charge in [-0.2, -0.15) is 4.98 Å². The molecule has 1 amide bonds. The number of fused-ring (bicyclic) bond motifs is 1. The molecule has 1 aliphatic carbocycles. The number of halogens is 1. The number of nitrogens with zero attached hydrogens (tertiary/aromatic N) is 5. The second-order valence-corrected chi connectivity index (χ2v) is 15.7. The van der Waals surface area contributed by atoms with Crippen LogP contribution in [0.1, 0.15) is 66.6 Å². The van der Waals surface area contributed by atoms with Gasteiger partial charge in [0.1, 0.15) is 19.0 Å². The summed E-state index contributed by atoms with van der Waals surface area (Å²) in [6, 6.07) is 32.4. The Labute approximate surface area is 338 Å². The standard InChI is InChI=1S/C46H48FN5O6/c1-30(2)58-43-24-40-33(22-42(43)52(54)55)25-51(46(40)53)35-16-14-34(15-17-35)49(3)37-26-50(27-37)36-18-19-38(41(47)23-36)39-20-21-44(56-28-31-10-6-4-7-11-31)48-45(39)57-29-32-12-8-5-9-13-32/h4-13,18-24,30,34-35,37H,14-17,25-29H2,1-3H3/t34-,35-. The lowest BCUT2D eigenvalue weighted by molar-refractivity contribution is -0.386. The van der Waals surface area contributed by atoms with Gasteiger partial charge in [0.2, 0.25) is 11.8 Å². The third-order valence-corrected chi connectivity index (χ3v) is 11.6. The number of nitro groups is 1. The molecule has 3 aliphatic rings. The monoisotopic (exact) mass is 785 g/mol. The SMILES string of the molecule is CC(C)Oc1cc2c(cc1[N+](=O)[O-])CN([C@H]1CC[C@H](N(C)C3CN(c4ccc(-c5ccc(OCc6ccccc6)nc5OCc5ccccc5)c(F)c4)C3)CC1)C2=O. The minimum Gasteiger partial charge on any atom is -0.484 e. The summed E-state index contributed by atoms with van der Waals surface area (Å²) in [4.78, 5) is 36.0. The van der Waals surface area contributed by atoms with Crippen molar-refractivity contribution in [3.63, 3.8) is 0 Å². The van der Waals surface area contributed by atoms with Gasteiger partial charge in [-0.3, -0.25) is 19.8 Å². The lowest BCUT2D eigenvalue weighted by Gasteiger charge is -2.49. The Hall–Kier alpha value is -6.01. The van der Waals surface area contributed by atoms with E-state index >= 15 is 4.39 Å². The van der Waals surface area contributed by atoms with Crippen molar-refractivity contribution in [3.8, 4) is 28.6 Å². The van der Waals surface area contributed by atoms with Gasteiger partial charge in [-0.25, -0.2) is 4.39 Å². The van der Waals surface area contributed by atoms with Gasteiger partial charge < -0.3 is 24.0 Å². The summed E-state index contributed by atoms with van der Waals surface area (Å²) < 4.78 is 33.9. The van der Waals surface area contributed by atoms with E-state index in [0.29, 0.717) is 59.2 Å². The lowest BCUT2D eigenvalue weighted by Crippen LogP contribution is -2.61. The number of hydrogen-bond acceptors (Lipinski definition) is 9. The summed E-state index contributed by atoms with van der Waals surface area (Å²) in [7, 11) is 2.17. The molecule has 1 saturated carbocycles. The molecular formula is C46H48FN5O6. The van der Waals surface area contributed by atoms with E-state index in [1.165, 1.54) is 6.07 Å². The first kappa shape index (κ1) is 38.8. The summed E-state index contributed by atoms with van der Waals surface area (Å²) in [5.74, 6) is 0.397. The van der Waals surface area contributed by atoms with Crippen LogP contribution in [-0.4, -0.2) is 70.0 Å². The Morgan fingerprint density at radius 1 is 0.828 bits per heavy atom. The highest BCUT2D eigenvalue weighted by molar-refractivity contribution is 5.99. The normalized spacial score (nSPS) is 18.0. The van der Waals surface area contributed by atoms with Crippen molar-refractivity contribution < 1.29 is 28.3 Å². The van der Waals surface area contributed by atoms with Gasteiger partial charge >= 0.3 is 5.69 Å².